The number of hydrogen-bond acceptors (Lipinski definition) is 6. The summed E-state index contributed by atoms with van der Waals surface area (Å²) in [6.07, 6.45) is 1.78. The Morgan fingerprint density at radius 1 is 1.24 bits per heavy atom. The number of piperidine rings is 1. The van der Waals surface area contributed by atoms with Gasteiger partial charge in [0.05, 0.1) is 12.8 Å². The fourth-order valence-corrected chi connectivity index (χ4v) is 4.10. The Kier molecular flexibility index (Phi) is 3.81. The largest absolute Gasteiger partial charge is 0.497 e. The number of benzene rings is 1. The normalized spacial score (nSPS) is 30.4. The molecule has 0 saturated carbocycles. The van der Waals surface area contributed by atoms with E-state index >= 15 is 0 Å². The highest BCUT2D eigenvalue weighted by molar-refractivity contribution is 6.10. The van der Waals surface area contributed by atoms with E-state index in [-0.39, 0.29) is 6.04 Å². The fourth-order valence-electron chi connectivity index (χ4n) is 4.10. The number of hydrazine groups is 1. The lowest BCUT2D eigenvalue weighted by atomic mass is 9.88. The number of ether oxygens (including phenoxy) is 1. The van der Waals surface area contributed by atoms with E-state index in [1.807, 2.05) is 0 Å². The van der Waals surface area contributed by atoms with Gasteiger partial charge in [0.1, 0.15) is 5.75 Å². The molecule has 3 fully saturated rings. The van der Waals surface area contributed by atoms with Gasteiger partial charge in [0.2, 0.25) is 5.54 Å². The van der Waals surface area contributed by atoms with Gasteiger partial charge in [-0.25, -0.2) is 10.2 Å². The number of carbonyl (C=O) groups excluding carboxylic acids is 1. The van der Waals surface area contributed by atoms with E-state index in [1.165, 1.54) is 7.11 Å². The van der Waals surface area contributed by atoms with Crippen molar-refractivity contribution in [1.29, 1.82) is 0 Å². The SMILES string of the molecule is COc1ccc2c(c1)C(C(=O)O)(C(=O)N1CCN3CCC1CC3)NN2. The van der Waals surface area contributed by atoms with Crippen LogP contribution in [0.25, 0.3) is 0 Å². The predicted molar refractivity (Wildman–Crippen MR) is 90.2 cm³/mol. The van der Waals surface area contributed by atoms with E-state index < -0.39 is 17.4 Å². The molecule has 8 heteroatoms. The van der Waals surface area contributed by atoms with Crippen molar-refractivity contribution in [3.8, 4) is 5.75 Å². The first-order valence-corrected chi connectivity index (χ1v) is 8.55. The third kappa shape index (κ3) is 2.36. The van der Waals surface area contributed by atoms with Gasteiger partial charge in [-0.1, -0.05) is 0 Å². The van der Waals surface area contributed by atoms with E-state index in [1.54, 1.807) is 23.1 Å². The summed E-state index contributed by atoms with van der Waals surface area (Å²) in [6, 6.07) is 5.17. The van der Waals surface area contributed by atoms with Gasteiger partial charge < -0.3 is 25.1 Å². The van der Waals surface area contributed by atoms with E-state index in [0.717, 1.165) is 32.5 Å². The van der Waals surface area contributed by atoms with Crippen molar-refractivity contribution in [3.05, 3.63) is 23.8 Å². The zero-order chi connectivity index (χ0) is 17.6. The van der Waals surface area contributed by atoms with Crippen LogP contribution in [0.15, 0.2) is 18.2 Å². The van der Waals surface area contributed by atoms with Crippen LogP contribution in [-0.4, -0.2) is 66.1 Å². The van der Waals surface area contributed by atoms with Crippen molar-refractivity contribution in [2.45, 2.75) is 24.4 Å². The van der Waals surface area contributed by atoms with Crippen LogP contribution in [-0.2, 0) is 15.1 Å². The molecule has 1 amide bonds. The highest BCUT2D eigenvalue weighted by Crippen LogP contribution is 2.39. The molecule has 1 aromatic rings. The molecule has 1 unspecified atom stereocenters. The maximum Gasteiger partial charge on any atom is 0.340 e. The van der Waals surface area contributed by atoms with Gasteiger partial charge in [0, 0.05) is 37.8 Å². The van der Waals surface area contributed by atoms with Crippen molar-refractivity contribution in [1.82, 2.24) is 15.2 Å². The molecule has 1 aromatic carbocycles. The van der Waals surface area contributed by atoms with E-state index in [9.17, 15) is 14.7 Å². The standard InChI is InChI=1S/C17H22N4O4/c1-25-12-2-3-14-13(10-12)17(16(23)24,19-18-14)15(22)21-9-8-20-6-4-11(21)5-7-20/h2-3,10-11,18-19H,4-9H2,1H3,(H,23,24). The Labute approximate surface area is 145 Å². The number of hydrogen-bond donors (Lipinski definition) is 3. The molecule has 2 bridgehead atoms. The highest BCUT2D eigenvalue weighted by Gasteiger charge is 2.56. The summed E-state index contributed by atoms with van der Waals surface area (Å²) in [7, 11) is 1.52. The summed E-state index contributed by atoms with van der Waals surface area (Å²) in [5.74, 6) is -1.10. The Balaban J connectivity index is 1.76. The second-order valence-electron chi connectivity index (χ2n) is 6.79. The van der Waals surface area contributed by atoms with Crippen LogP contribution in [0.2, 0.25) is 0 Å². The number of carboxylic acids is 1. The van der Waals surface area contributed by atoms with E-state index in [4.69, 9.17) is 4.74 Å². The molecule has 8 nitrogen and oxygen atoms in total. The molecule has 134 valence electrons. The minimum atomic E-state index is -1.83. The molecular weight excluding hydrogens is 324 g/mol. The molecule has 5 rings (SSSR count). The highest BCUT2D eigenvalue weighted by atomic mass is 16.5. The van der Waals surface area contributed by atoms with Gasteiger partial charge >= 0.3 is 5.97 Å². The molecule has 4 aliphatic rings. The summed E-state index contributed by atoms with van der Waals surface area (Å²) in [4.78, 5) is 29.8. The molecule has 3 saturated heterocycles. The second-order valence-corrected chi connectivity index (χ2v) is 6.79. The third-order valence-electron chi connectivity index (χ3n) is 5.57. The third-order valence-corrected chi connectivity index (χ3v) is 5.57. The van der Waals surface area contributed by atoms with Crippen molar-refractivity contribution >= 4 is 17.6 Å². The van der Waals surface area contributed by atoms with Crippen LogP contribution in [0.3, 0.4) is 0 Å². The maximum atomic E-state index is 13.5. The number of anilines is 1. The quantitative estimate of drug-likeness (QED) is 0.674. The second kappa shape index (κ2) is 5.89. The van der Waals surface area contributed by atoms with Crippen molar-refractivity contribution < 1.29 is 19.4 Å². The molecule has 4 heterocycles. The Morgan fingerprint density at radius 3 is 2.68 bits per heavy atom. The van der Waals surface area contributed by atoms with Gasteiger partial charge in [-0.3, -0.25) is 4.79 Å². The lowest BCUT2D eigenvalue weighted by Crippen LogP contribution is -2.60. The summed E-state index contributed by atoms with van der Waals surface area (Å²) >= 11 is 0. The monoisotopic (exact) mass is 346 g/mol. The predicted octanol–water partition coefficient (Wildman–Crippen LogP) is 0.212. The minimum absolute atomic E-state index is 0.0962. The van der Waals surface area contributed by atoms with Gasteiger partial charge in [-0.05, 0) is 31.0 Å². The first kappa shape index (κ1) is 16.2. The molecule has 3 N–H and O–H groups in total. The number of nitrogens with zero attached hydrogens (tertiary/aromatic N) is 2. The Hall–Kier alpha value is -2.32. The van der Waals surface area contributed by atoms with Crippen molar-refractivity contribution in [2.75, 3.05) is 38.7 Å². The van der Waals surface area contributed by atoms with Gasteiger partial charge in [-0.2, -0.15) is 0 Å². The zero-order valence-electron chi connectivity index (χ0n) is 14.1. The molecule has 0 aliphatic carbocycles. The Bertz CT molecular complexity index is 717. The van der Waals surface area contributed by atoms with Crippen LogP contribution in [0, 0.1) is 0 Å². The summed E-state index contributed by atoms with van der Waals surface area (Å²) < 4.78 is 5.23. The van der Waals surface area contributed by atoms with Crippen LogP contribution in [0.1, 0.15) is 18.4 Å². The minimum Gasteiger partial charge on any atom is -0.497 e. The molecule has 0 aromatic heterocycles. The number of nitrogens with one attached hydrogen (secondary N) is 2. The van der Waals surface area contributed by atoms with Crippen LogP contribution in [0.5, 0.6) is 5.75 Å². The van der Waals surface area contributed by atoms with Gasteiger partial charge in [-0.15, -0.1) is 0 Å². The first-order chi connectivity index (χ1) is 12.1. The topological polar surface area (TPSA) is 94.1 Å². The van der Waals surface area contributed by atoms with E-state index in [2.05, 4.69) is 15.8 Å². The molecule has 25 heavy (non-hydrogen) atoms. The van der Waals surface area contributed by atoms with Crippen molar-refractivity contribution in [3.63, 3.8) is 0 Å². The number of methoxy groups -OCH3 is 1. The molecule has 0 spiro atoms. The summed E-state index contributed by atoms with van der Waals surface area (Å²) in [6.45, 7) is 3.27. The number of fused-ring (bicyclic) bond motifs is 5. The summed E-state index contributed by atoms with van der Waals surface area (Å²) in [5.41, 5.74) is 4.75. The summed E-state index contributed by atoms with van der Waals surface area (Å²) in [5, 5.41) is 10.0. The number of rotatable bonds is 3. The van der Waals surface area contributed by atoms with Gasteiger partial charge in [0.15, 0.2) is 0 Å². The number of aliphatic carboxylic acids is 1. The fraction of sp³-hybridized carbons (Fsp3) is 0.529. The average Bonchev–Trinajstić information content (AvgIpc) is 2.76. The number of carboxylic acid groups (broad SMARTS) is 1. The lowest BCUT2D eigenvalue weighted by Gasteiger charge is -2.36. The maximum absolute atomic E-state index is 13.5. The lowest BCUT2D eigenvalue weighted by molar-refractivity contribution is -0.156. The van der Waals surface area contributed by atoms with Crippen LogP contribution >= 0.6 is 0 Å². The van der Waals surface area contributed by atoms with E-state index in [0.29, 0.717) is 23.5 Å². The number of carbonyl (C=O) groups is 2. The van der Waals surface area contributed by atoms with Crippen LogP contribution < -0.4 is 15.6 Å². The number of amides is 1. The first-order valence-electron chi connectivity index (χ1n) is 8.55. The average molecular weight is 346 g/mol. The molecule has 4 aliphatic heterocycles. The molecular formula is C17H22N4O4. The molecule has 1 atom stereocenters. The van der Waals surface area contributed by atoms with Crippen molar-refractivity contribution in [2.24, 2.45) is 0 Å². The Morgan fingerprint density at radius 2 is 2.00 bits per heavy atom. The zero-order valence-corrected chi connectivity index (χ0v) is 14.1. The smallest absolute Gasteiger partial charge is 0.340 e. The van der Waals surface area contributed by atoms with Crippen LogP contribution in [0.4, 0.5) is 5.69 Å². The molecule has 0 radical (unpaired) electrons. The van der Waals surface area contributed by atoms with Gasteiger partial charge in [0.25, 0.3) is 5.91 Å².